The maximum Gasteiger partial charge on any atom is 0.280 e. The topological polar surface area (TPSA) is 75.9 Å². The van der Waals surface area contributed by atoms with Gasteiger partial charge in [-0.2, -0.15) is 9.78 Å². The molecule has 0 saturated carbocycles. The molecule has 0 aliphatic carbocycles. The van der Waals surface area contributed by atoms with E-state index < -0.39 is 0 Å². The van der Waals surface area contributed by atoms with E-state index in [4.69, 9.17) is 0 Å². The van der Waals surface area contributed by atoms with Crippen LogP contribution < -0.4 is 15.8 Å². The molecule has 0 bridgehead atoms. The van der Waals surface area contributed by atoms with Crippen LogP contribution in [0.2, 0.25) is 0 Å². The molecular weight excluding hydrogens is 304 g/mol. The summed E-state index contributed by atoms with van der Waals surface area (Å²) in [6.07, 6.45) is 0. The highest BCUT2D eigenvalue weighted by atomic mass is 16.1. The molecule has 1 aromatic carbocycles. The number of benzene rings is 1. The summed E-state index contributed by atoms with van der Waals surface area (Å²) in [7, 11) is 0. The Bertz CT molecular complexity index is 928. The van der Waals surface area contributed by atoms with E-state index in [1.807, 2.05) is 37.3 Å². The number of piperazine rings is 1. The van der Waals surface area contributed by atoms with Gasteiger partial charge in [-0.3, -0.25) is 4.79 Å². The van der Waals surface area contributed by atoms with Crippen LogP contribution in [0.1, 0.15) is 5.69 Å². The predicted molar refractivity (Wildman–Crippen MR) is 92.7 cm³/mol. The molecule has 3 heterocycles. The highest BCUT2D eigenvalue weighted by Gasteiger charge is 2.14. The smallest absolute Gasteiger partial charge is 0.280 e. The van der Waals surface area contributed by atoms with Crippen LogP contribution in [0.25, 0.3) is 16.6 Å². The Morgan fingerprint density at radius 1 is 0.958 bits per heavy atom. The van der Waals surface area contributed by atoms with Gasteiger partial charge in [-0.1, -0.05) is 18.2 Å². The highest BCUT2D eigenvalue weighted by molar-refractivity contribution is 5.83. The van der Waals surface area contributed by atoms with E-state index >= 15 is 0 Å². The number of hydrogen-bond donors (Lipinski definition) is 1. The second-order valence-electron chi connectivity index (χ2n) is 5.83. The van der Waals surface area contributed by atoms with Gasteiger partial charge in [-0.15, -0.1) is 10.2 Å². The standard InChI is InChI=1S/C17H18N6O/c1-12-13-4-2-3-5-14(13)17(24)23(21-12)16-7-6-15(19-20-16)22-10-8-18-9-11-22/h2-7,18H,8-11H2,1H3. The molecule has 7 nitrogen and oxygen atoms in total. The molecule has 2 aromatic heterocycles. The Labute approximate surface area is 138 Å². The van der Waals surface area contributed by atoms with Crippen LogP contribution in [0.5, 0.6) is 0 Å². The van der Waals surface area contributed by atoms with Crippen molar-refractivity contribution in [1.29, 1.82) is 0 Å². The second-order valence-corrected chi connectivity index (χ2v) is 5.83. The van der Waals surface area contributed by atoms with Gasteiger partial charge >= 0.3 is 0 Å². The molecule has 0 spiro atoms. The van der Waals surface area contributed by atoms with Crippen molar-refractivity contribution in [2.45, 2.75) is 6.92 Å². The molecule has 1 N–H and O–H groups in total. The molecule has 1 aliphatic rings. The Kier molecular flexibility index (Phi) is 3.70. The van der Waals surface area contributed by atoms with Gasteiger partial charge in [0.05, 0.1) is 11.1 Å². The molecule has 0 radical (unpaired) electrons. The van der Waals surface area contributed by atoms with E-state index in [0.717, 1.165) is 43.1 Å². The van der Waals surface area contributed by atoms with Crippen LogP contribution in [0, 0.1) is 6.92 Å². The van der Waals surface area contributed by atoms with Gasteiger partial charge in [0.25, 0.3) is 5.56 Å². The van der Waals surface area contributed by atoms with Gasteiger partial charge in [0.1, 0.15) is 0 Å². The van der Waals surface area contributed by atoms with E-state index in [1.54, 1.807) is 6.07 Å². The molecule has 0 atom stereocenters. The SMILES string of the molecule is Cc1nn(-c2ccc(N3CCNCC3)nn2)c(=O)c2ccccc12. The zero-order valence-electron chi connectivity index (χ0n) is 13.4. The predicted octanol–water partition coefficient (Wildman–Crippen LogP) is 0.894. The lowest BCUT2D eigenvalue weighted by Gasteiger charge is -2.27. The second kappa shape index (κ2) is 6.01. The molecule has 122 valence electrons. The van der Waals surface area contributed by atoms with Crippen molar-refractivity contribution in [3.63, 3.8) is 0 Å². The third-order valence-corrected chi connectivity index (χ3v) is 4.28. The van der Waals surface area contributed by atoms with Gasteiger partial charge in [-0.05, 0) is 25.1 Å². The van der Waals surface area contributed by atoms with E-state index in [0.29, 0.717) is 11.2 Å². The van der Waals surface area contributed by atoms with Crippen LogP contribution in [-0.4, -0.2) is 46.2 Å². The number of rotatable bonds is 2. The molecule has 1 fully saturated rings. The van der Waals surface area contributed by atoms with E-state index in [-0.39, 0.29) is 5.56 Å². The first-order valence-corrected chi connectivity index (χ1v) is 8.02. The van der Waals surface area contributed by atoms with Crippen LogP contribution in [0.15, 0.2) is 41.2 Å². The van der Waals surface area contributed by atoms with Crippen molar-refractivity contribution in [2.75, 3.05) is 31.1 Å². The Morgan fingerprint density at radius 3 is 2.33 bits per heavy atom. The minimum atomic E-state index is -0.180. The number of aromatic nitrogens is 4. The number of hydrogen-bond acceptors (Lipinski definition) is 6. The highest BCUT2D eigenvalue weighted by Crippen LogP contribution is 2.14. The van der Waals surface area contributed by atoms with E-state index in [1.165, 1.54) is 4.68 Å². The molecule has 1 aliphatic heterocycles. The first kappa shape index (κ1) is 14.8. The fraction of sp³-hybridized carbons (Fsp3) is 0.294. The van der Waals surface area contributed by atoms with Crippen LogP contribution >= 0.6 is 0 Å². The monoisotopic (exact) mass is 322 g/mol. The van der Waals surface area contributed by atoms with Crippen LogP contribution in [-0.2, 0) is 0 Å². The molecule has 0 unspecified atom stereocenters. The normalized spacial score (nSPS) is 15.0. The lowest BCUT2D eigenvalue weighted by Crippen LogP contribution is -2.44. The number of fused-ring (bicyclic) bond motifs is 1. The third-order valence-electron chi connectivity index (χ3n) is 4.28. The minimum Gasteiger partial charge on any atom is -0.353 e. The molecule has 3 aromatic rings. The zero-order chi connectivity index (χ0) is 16.5. The van der Waals surface area contributed by atoms with Gasteiger partial charge in [0, 0.05) is 31.6 Å². The number of nitrogens with one attached hydrogen (secondary N) is 1. The largest absolute Gasteiger partial charge is 0.353 e. The molecule has 4 rings (SSSR count). The van der Waals surface area contributed by atoms with Crippen molar-refractivity contribution < 1.29 is 0 Å². The lowest BCUT2D eigenvalue weighted by atomic mass is 10.1. The van der Waals surface area contributed by atoms with Gasteiger partial charge < -0.3 is 10.2 Å². The Morgan fingerprint density at radius 2 is 1.62 bits per heavy atom. The summed E-state index contributed by atoms with van der Waals surface area (Å²) in [4.78, 5) is 14.9. The number of nitrogens with zero attached hydrogens (tertiary/aromatic N) is 5. The maximum absolute atomic E-state index is 12.7. The molecule has 24 heavy (non-hydrogen) atoms. The van der Waals surface area contributed by atoms with Gasteiger partial charge in [-0.25, -0.2) is 0 Å². The fourth-order valence-electron chi connectivity index (χ4n) is 3.00. The Hall–Kier alpha value is -2.80. The minimum absolute atomic E-state index is 0.180. The summed E-state index contributed by atoms with van der Waals surface area (Å²) in [5, 5.41) is 17.7. The van der Waals surface area contributed by atoms with Crippen molar-refractivity contribution in [3.8, 4) is 5.82 Å². The number of aryl methyl sites for hydroxylation is 1. The average Bonchev–Trinajstić information content (AvgIpc) is 2.66. The first-order valence-electron chi connectivity index (χ1n) is 8.02. The van der Waals surface area contributed by atoms with Crippen molar-refractivity contribution >= 4 is 16.6 Å². The van der Waals surface area contributed by atoms with Gasteiger partial charge in [0.2, 0.25) is 0 Å². The molecule has 7 heteroatoms. The summed E-state index contributed by atoms with van der Waals surface area (Å²) < 4.78 is 1.33. The first-order chi connectivity index (χ1) is 11.7. The average molecular weight is 322 g/mol. The summed E-state index contributed by atoms with van der Waals surface area (Å²) in [5.74, 6) is 1.26. The summed E-state index contributed by atoms with van der Waals surface area (Å²) in [5.41, 5.74) is 0.610. The van der Waals surface area contributed by atoms with E-state index in [2.05, 4.69) is 25.5 Å². The van der Waals surface area contributed by atoms with Crippen molar-refractivity contribution in [1.82, 2.24) is 25.3 Å². The summed E-state index contributed by atoms with van der Waals surface area (Å²) in [6, 6.07) is 11.2. The fourth-order valence-corrected chi connectivity index (χ4v) is 3.00. The summed E-state index contributed by atoms with van der Waals surface area (Å²) in [6.45, 7) is 5.58. The number of anilines is 1. The molecular formula is C17H18N6O. The summed E-state index contributed by atoms with van der Waals surface area (Å²) >= 11 is 0. The van der Waals surface area contributed by atoms with Crippen molar-refractivity contribution in [2.24, 2.45) is 0 Å². The molecule has 0 amide bonds. The van der Waals surface area contributed by atoms with E-state index in [9.17, 15) is 4.79 Å². The third kappa shape index (κ3) is 2.52. The van der Waals surface area contributed by atoms with Crippen LogP contribution in [0.4, 0.5) is 5.82 Å². The van der Waals surface area contributed by atoms with Gasteiger partial charge in [0.15, 0.2) is 11.6 Å². The Balaban J connectivity index is 1.75. The van der Waals surface area contributed by atoms with Crippen LogP contribution in [0.3, 0.4) is 0 Å². The molecule has 1 saturated heterocycles. The quantitative estimate of drug-likeness (QED) is 0.755. The zero-order valence-corrected chi connectivity index (χ0v) is 13.4. The lowest BCUT2D eigenvalue weighted by molar-refractivity contribution is 0.582. The van der Waals surface area contributed by atoms with Crippen molar-refractivity contribution in [3.05, 3.63) is 52.4 Å². The maximum atomic E-state index is 12.7.